The molecule has 0 aliphatic carbocycles. The molecule has 22 heavy (non-hydrogen) atoms. The molecule has 2 rings (SSSR count). The predicted octanol–water partition coefficient (Wildman–Crippen LogP) is 3.40. The summed E-state index contributed by atoms with van der Waals surface area (Å²) in [6, 6.07) is 7.71. The summed E-state index contributed by atoms with van der Waals surface area (Å²) >= 11 is 0. The summed E-state index contributed by atoms with van der Waals surface area (Å²) in [5.74, 6) is 1.09. The highest BCUT2D eigenvalue weighted by Crippen LogP contribution is 2.25. The number of ether oxygens (including phenoxy) is 1. The Morgan fingerprint density at radius 1 is 1.27 bits per heavy atom. The minimum Gasteiger partial charge on any atom is -0.483 e. The summed E-state index contributed by atoms with van der Waals surface area (Å²) < 4.78 is 10.9. The van der Waals surface area contributed by atoms with Crippen LogP contribution < -0.4 is 10.1 Å². The number of carbonyl (C=O) groups excluding carboxylic acids is 1. The van der Waals surface area contributed by atoms with Gasteiger partial charge < -0.3 is 9.15 Å². The number of amides is 1. The van der Waals surface area contributed by atoms with Crippen molar-refractivity contribution in [1.82, 2.24) is 0 Å². The zero-order valence-corrected chi connectivity index (χ0v) is 13.1. The van der Waals surface area contributed by atoms with Crippen molar-refractivity contribution in [3.63, 3.8) is 0 Å². The van der Waals surface area contributed by atoms with Gasteiger partial charge in [0.2, 0.25) is 5.88 Å². The van der Waals surface area contributed by atoms with Crippen LogP contribution in [0.2, 0.25) is 0 Å². The molecular formula is C17H18N2O3. The number of rotatable bonds is 4. The second-order valence-corrected chi connectivity index (χ2v) is 5.13. The Kier molecular flexibility index (Phi) is 4.52. The fourth-order valence-electron chi connectivity index (χ4n) is 2.04. The lowest BCUT2D eigenvalue weighted by Crippen LogP contribution is -2.20. The maximum atomic E-state index is 12.0. The highest BCUT2D eigenvalue weighted by atomic mass is 16.5. The number of furan rings is 1. The number of aryl methyl sites for hydroxylation is 2. The number of anilines is 1. The van der Waals surface area contributed by atoms with Crippen LogP contribution in [-0.2, 0) is 4.79 Å². The number of carbonyl (C=O) groups is 1. The smallest absolute Gasteiger partial charge is 0.264 e. The average molecular weight is 298 g/mol. The molecule has 1 aromatic carbocycles. The van der Waals surface area contributed by atoms with Gasteiger partial charge in [-0.05, 0) is 44.9 Å². The summed E-state index contributed by atoms with van der Waals surface area (Å²) in [6.07, 6.45) is 0. The molecule has 114 valence electrons. The van der Waals surface area contributed by atoms with Crippen LogP contribution in [-0.4, -0.2) is 12.5 Å². The molecule has 0 saturated heterocycles. The van der Waals surface area contributed by atoms with Gasteiger partial charge in [-0.1, -0.05) is 12.1 Å². The number of nitrogens with zero attached hydrogens (tertiary/aromatic N) is 1. The van der Waals surface area contributed by atoms with E-state index in [0.29, 0.717) is 17.1 Å². The molecule has 0 saturated carbocycles. The van der Waals surface area contributed by atoms with Gasteiger partial charge in [0.15, 0.2) is 6.61 Å². The molecule has 5 nitrogen and oxygen atoms in total. The van der Waals surface area contributed by atoms with Gasteiger partial charge >= 0.3 is 0 Å². The molecule has 0 atom stereocenters. The van der Waals surface area contributed by atoms with Gasteiger partial charge in [0.05, 0.1) is 0 Å². The fourth-order valence-corrected chi connectivity index (χ4v) is 2.04. The molecule has 1 amide bonds. The van der Waals surface area contributed by atoms with Crippen LogP contribution >= 0.6 is 0 Å². The summed E-state index contributed by atoms with van der Waals surface area (Å²) in [6.45, 7) is 7.30. The standard InChI is InChI=1S/C17H18N2O3/c1-10-6-5-7-15(11(10)2)21-9-16(20)19-17-14(8-18)12(3)13(4)22-17/h5-7H,9H2,1-4H3,(H,19,20). The quantitative estimate of drug-likeness (QED) is 0.938. The van der Waals surface area contributed by atoms with Crippen LogP contribution in [0.4, 0.5) is 5.88 Å². The van der Waals surface area contributed by atoms with E-state index in [1.165, 1.54) is 0 Å². The first kappa shape index (κ1) is 15.6. The lowest BCUT2D eigenvalue weighted by Gasteiger charge is -2.10. The van der Waals surface area contributed by atoms with Gasteiger partial charge in [0.25, 0.3) is 5.91 Å². The monoisotopic (exact) mass is 298 g/mol. The van der Waals surface area contributed by atoms with E-state index in [0.717, 1.165) is 16.7 Å². The van der Waals surface area contributed by atoms with Gasteiger partial charge in [-0.3, -0.25) is 10.1 Å². The van der Waals surface area contributed by atoms with Crippen molar-refractivity contribution in [2.24, 2.45) is 0 Å². The lowest BCUT2D eigenvalue weighted by molar-refractivity contribution is -0.118. The third-order valence-corrected chi connectivity index (χ3v) is 3.66. The average Bonchev–Trinajstić information content (AvgIpc) is 2.74. The Morgan fingerprint density at radius 2 is 2.00 bits per heavy atom. The zero-order chi connectivity index (χ0) is 16.3. The predicted molar refractivity (Wildman–Crippen MR) is 82.9 cm³/mol. The van der Waals surface area contributed by atoms with Gasteiger partial charge in [0.1, 0.15) is 23.1 Å². The third-order valence-electron chi connectivity index (χ3n) is 3.66. The van der Waals surface area contributed by atoms with Gasteiger partial charge in [0, 0.05) is 5.56 Å². The van der Waals surface area contributed by atoms with Crippen molar-refractivity contribution in [3.05, 3.63) is 46.2 Å². The molecule has 0 unspecified atom stereocenters. The molecule has 1 N–H and O–H groups in total. The van der Waals surface area contributed by atoms with Crippen LogP contribution in [0.1, 0.15) is 28.0 Å². The number of hydrogen-bond donors (Lipinski definition) is 1. The van der Waals surface area contributed by atoms with E-state index < -0.39 is 0 Å². The van der Waals surface area contributed by atoms with Crippen LogP contribution in [0.5, 0.6) is 5.75 Å². The minimum absolute atomic E-state index is 0.145. The van der Waals surface area contributed by atoms with Crippen molar-refractivity contribution < 1.29 is 13.9 Å². The Morgan fingerprint density at radius 3 is 2.68 bits per heavy atom. The van der Waals surface area contributed by atoms with E-state index in [1.54, 1.807) is 13.8 Å². The fraction of sp³-hybridized carbons (Fsp3) is 0.294. The molecule has 0 aliphatic heterocycles. The summed E-state index contributed by atoms with van der Waals surface area (Å²) in [4.78, 5) is 12.0. The summed E-state index contributed by atoms with van der Waals surface area (Å²) in [5.41, 5.74) is 3.17. The van der Waals surface area contributed by atoms with E-state index in [2.05, 4.69) is 5.32 Å². The number of nitriles is 1. The highest BCUT2D eigenvalue weighted by Gasteiger charge is 2.17. The van der Waals surface area contributed by atoms with Crippen molar-refractivity contribution in [2.45, 2.75) is 27.7 Å². The van der Waals surface area contributed by atoms with Crippen LogP contribution in [0, 0.1) is 39.0 Å². The zero-order valence-electron chi connectivity index (χ0n) is 13.1. The van der Waals surface area contributed by atoms with Gasteiger partial charge in [-0.2, -0.15) is 5.26 Å². The molecular weight excluding hydrogens is 280 g/mol. The highest BCUT2D eigenvalue weighted by molar-refractivity contribution is 5.92. The van der Waals surface area contributed by atoms with Crippen molar-refractivity contribution in [2.75, 3.05) is 11.9 Å². The minimum atomic E-state index is -0.369. The second kappa shape index (κ2) is 6.35. The maximum absolute atomic E-state index is 12.0. The lowest BCUT2D eigenvalue weighted by atomic mass is 10.1. The molecule has 0 aliphatic rings. The van der Waals surface area contributed by atoms with E-state index in [1.807, 2.05) is 38.1 Å². The van der Waals surface area contributed by atoms with E-state index in [4.69, 9.17) is 14.4 Å². The first-order valence-electron chi connectivity index (χ1n) is 6.93. The maximum Gasteiger partial charge on any atom is 0.264 e. The van der Waals surface area contributed by atoms with Crippen molar-refractivity contribution in [3.8, 4) is 11.8 Å². The van der Waals surface area contributed by atoms with Crippen LogP contribution in [0.3, 0.4) is 0 Å². The molecule has 0 spiro atoms. The topological polar surface area (TPSA) is 75.3 Å². The normalized spacial score (nSPS) is 10.1. The molecule has 0 radical (unpaired) electrons. The Labute approximate surface area is 129 Å². The third kappa shape index (κ3) is 3.12. The van der Waals surface area contributed by atoms with Crippen LogP contribution in [0.25, 0.3) is 0 Å². The molecule has 0 fully saturated rings. The Bertz CT molecular complexity index is 754. The summed E-state index contributed by atoms with van der Waals surface area (Å²) in [7, 11) is 0. The largest absolute Gasteiger partial charge is 0.483 e. The summed E-state index contributed by atoms with van der Waals surface area (Å²) in [5, 5.41) is 11.7. The molecule has 5 heteroatoms. The number of benzene rings is 1. The molecule has 1 aromatic heterocycles. The SMILES string of the molecule is Cc1cccc(OCC(=O)Nc2oc(C)c(C)c2C#N)c1C. The molecule has 0 bridgehead atoms. The Balaban J connectivity index is 2.04. The van der Waals surface area contributed by atoms with E-state index in [9.17, 15) is 4.79 Å². The Hall–Kier alpha value is -2.74. The number of hydrogen-bond acceptors (Lipinski definition) is 4. The first-order chi connectivity index (χ1) is 10.4. The number of nitrogens with one attached hydrogen (secondary N) is 1. The first-order valence-corrected chi connectivity index (χ1v) is 6.93. The molecule has 2 aromatic rings. The van der Waals surface area contributed by atoms with Crippen molar-refractivity contribution >= 4 is 11.8 Å². The van der Waals surface area contributed by atoms with Gasteiger partial charge in [-0.25, -0.2) is 0 Å². The molecule has 1 heterocycles. The van der Waals surface area contributed by atoms with Crippen LogP contribution in [0.15, 0.2) is 22.6 Å². The van der Waals surface area contributed by atoms with Gasteiger partial charge in [-0.15, -0.1) is 0 Å². The van der Waals surface area contributed by atoms with E-state index in [-0.39, 0.29) is 18.4 Å². The van der Waals surface area contributed by atoms with E-state index >= 15 is 0 Å². The van der Waals surface area contributed by atoms with Crippen molar-refractivity contribution in [1.29, 1.82) is 5.26 Å². The second-order valence-electron chi connectivity index (χ2n) is 5.13.